The van der Waals surface area contributed by atoms with E-state index in [2.05, 4.69) is 63.9 Å². The summed E-state index contributed by atoms with van der Waals surface area (Å²) in [5.41, 5.74) is 10.4. The van der Waals surface area contributed by atoms with Gasteiger partial charge in [0.25, 0.3) is 0 Å². The maximum atomic E-state index is 9.73. The zero-order valence-electron chi connectivity index (χ0n) is 19.1. The molecule has 0 unspecified atom stereocenters. The second kappa shape index (κ2) is 8.17. The molecule has 0 amide bonds. The summed E-state index contributed by atoms with van der Waals surface area (Å²) >= 11 is 0. The number of methoxy groups -OCH3 is 1. The standard InChI is InChI=1S/C26H34N2O2/c1-8-19-14-21-22(26(5,6)12-11-25(21,3)4)15-20(19)17(2)28-27-16-18-9-10-23(29)24(13-18)30-7/h9-10,13-16,28-29H,2,8,11-12H2,1,3-7H3/b27-16+. The third kappa shape index (κ3) is 4.23. The third-order valence-corrected chi connectivity index (χ3v) is 6.40. The molecule has 0 aromatic heterocycles. The molecule has 1 aliphatic carbocycles. The van der Waals surface area contributed by atoms with Gasteiger partial charge in [0.1, 0.15) is 0 Å². The van der Waals surface area contributed by atoms with Crippen LogP contribution in [-0.2, 0) is 17.3 Å². The van der Waals surface area contributed by atoms with Crippen molar-refractivity contribution < 1.29 is 9.84 Å². The number of phenolic OH excluding ortho intramolecular Hbond substituents is 1. The monoisotopic (exact) mass is 406 g/mol. The molecule has 0 heterocycles. The highest BCUT2D eigenvalue weighted by Crippen LogP contribution is 2.47. The van der Waals surface area contributed by atoms with Gasteiger partial charge < -0.3 is 9.84 Å². The van der Waals surface area contributed by atoms with E-state index in [0.717, 1.165) is 23.2 Å². The van der Waals surface area contributed by atoms with Gasteiger partial charge >= 0.3 is 0 Å². The normalized spacial score (nSPS) is 16.9. The first-order valence-corrected chi connectivity index (χ1v) is 10.6. The van der Waals surface area contributed by atoms with Crippen LogP contribution in [0.2, 0.25) is 0 Å². The van der Waals surface area contributed by atoms with Crippen molar-refractivity contribution in [2.45, 2.75) is 64.7 Å². The first kappa shape index (κ1) is 21.9. The average molecular weight is 407 g/mol. The number of phenols is 1. The number of aromatic hydroxyl groups is 1. The summed E-state index contributed by atoms with van der Waals surface area (Å²) in [5.74, 6) is 0.532. The molecular weight excluding hydrogens is 372 g/mol. The lowest BCUT2D eigenvalue weighted by Gasteiger charge is -2.42. The average Bonchev–Trinajstić information content (AvgIpc) is 2.71. The molecule has 2 aromatic carbocycles. The number of aryl methyl sites for hydroxylation is 1. The first-order chi connectivity index (χ1) is 14.1. The van der Waals surface area contributed by atoms with Crippen molar-refractivity contribution in [1.29, 1.82) is 0 Å². The molecule has 160 valence electrons. The van der Waals surface area contributed by atoms with Gasteiger partial charge in [0.2, 0.25) is 0 Å². The lowest BCUT2D eigenvalue weighted by Crippen LogP contribution is -2.34. The Kier molecular flexibility index (Phi) is 5.98. The highest BCUT2D eigenvalue weighted by Gasteiger charge is 2.37. The predicted octanol–water partition coefficient (Wildman–Crippen LogP) is 5.91. The van der Waals surface area contributed by atoms with Gasteiger partial charge in [-0.25, -0.2) is 0 Å². The van der Waals surface area contributed by atoms with E-state index in [-0.39, 0.29) is 16.6 Å². The number of rotatable bonds is 6. The number of fused-ring (bicyclic) bond motifs is 1. The van der Waals surface area contributed by atoms with Crippen LogP contribution in [-0.4, -0.2) is 18.4 Å². The van der Waals surface area contributed by atoms with Crippen molar-refractivity contribution in [3.63, 3.8) is 0 Å². The molecule has 0 spiro atoms. The van der Waals surface area contributed by atoms with Crippen LogP contribution in [0.1, 0.15) is 75.3 Å². The van der Waals surface area contributed by atoms with Crippen LogP contribution >= 0.6 is 0 Å². The Morgan fingerprint density at radius 2 is 1.77 bits per heavy atom. The molecule has 0 atom stereocenters. The second-order valence-electron chi connectivity index (χ2n) is 9.46. The SMILES string of the molecule is C=C(N/N=C/c1ccc(O)c(OC)c1)c1cc2c(cc1CC)C(C)(C)CCC2(C)C. The number of hydrogen-bond donors (Lipinski definition) is 2. The van der Waals surface area contributed by atoms with E-state index in [1.54, 1.807) is 24.4 Å². The molecule has 0 fully saturated rings. The van der Waals surface area contributed by atoms with Crippen molar-refractivity contribution in [2.24, 2.45) is 5.10 Å². The van der Waals surface area contributed by atoms with Crippen molar-refractivity contribution >= 4 is 11.9 Å². The van der Waals surface area contributed by atoms with Gasteiger partial charge in [-0.05, 0) is 76.6 Å². The van der Waals surface area contributed by atoms with E-state index in [0.29, 0.717) is 5.75 Å². The molecule has 1 aliphatic rings. The van der Waals surface area contributed by atoms with E-state index < -0.39 is 0 Å². The summed E-state index contributed by atoms with van der Waals surface area (Å²) < 4.78 is 5.15. The van der Waals surface area contributed by atoms with Crippen molar-refractivity contribution in [2.75, 3.05) is 7.11 Å². The molecule has 0 bridgehead atoms. The highest BCUT2D eigenvalue weighted by atomic mass is 16.5. The van der Waals surface area contributed by atoms with Crippen LogP contribution in [0.15, 0.2) is 42.0 Å². The minimum atomic E-state index is 0.110. The minimum Gasteiger partial charge on any atom is -0.504 e. The van der Waals surface area contributed by atoms with Crippen LogP contribution < -0.4 is 10.2 Å². The maximum Gasteiger partial charge on any atom is 0.161 e. The molecular formula is C26H34N2O2. The number of nitrogens with zero attached hydrogens (tertiary/aromatic N) is 1. The van der Waals surface area contributed by atoms with E-state index in [9.17, 15) is 5.11 Å². The first-order valence-electron chi connectivity index (χ1n) is 10.6. The molecule has 2 aromatic rings. The molecule has 4 heteroatoms. The van der Waals surface area contributed by atoms with Crippen molar-refractivity contribution in [3.8, 4) is 11.5 Å². The summed E-state index contributed by atoms with van der Waals surface area (Å²) in [5, 5.41) is 14.1. The maximum absolute atomic E-state index is 9.73. The fourth-order valence-corrected chi connectivity index (χ4v) is 4.25. The minimum absolute atomic E-state index is 0.110. The summed E-state index contributed by atoms with van der Waals surface area (Å²) in [4.78, 5) is 0. The van der Waals surface area contributed by atoms with Gasteiger partial charge in [-0.15, -0.1) is 0 Å². The quantitative estimate of drug-likeness (QED) is 0.463. The van der Waals surface area contributed by atoms with Gasteiger partial charge in [-0.2, -0.15) is 5.10 Å². The molecule has 0 radical (unpaired) electrons. The molecule has 0 saturated carbocycles. The second-order valence-corrected chi connectivity index (χ2v) is 9.46. The number of ether oxygens (including phenoxy) is 1. The predicted molar refractivity (Wildman–Crippen MR) is 126 cm³/mol. The number of hydrazone groups is 1. The van der Waals surface area contributed by atoms with E-state index in [4.69, 9.17) is 4.74 Å². The van der Waals surface area contributed by atoms with Gasteiger partial charge in [0.05, 0.1) is 19.0 Å². The van der Waals surface area contributed by atoms with E-state index >= 15 is 0 Å². The van der Waals surface area contributed by atoms with Crippen LogP contribution in [0.25, 0.3) is 5.70 Å². The third-order valence-electron chi connectivity index (χ3n) is 6.40. The lowest BCUT2D eigenvalue weighted by molar-refractivity contribution is 0.331. The van der Waals surface area contributed by atoms with E-state index in [1.165, 1.54) is 36.6 Å². The Labute approximate surface area is 180 Å². The number of hydrogen-bond acceptors (Lipinski definition) is 4. The summed E-state index contributed by atoms with van der Waals surface area (Å²) in [6.07, 6.45) is 5.02. The van der Waals surface area contributed by atoms with E-state index in [1.807, 2.05) is 0 Å². The Morgan fingerprint density at radius 3 is 2.37 bits per heavy atom. The molecule has 0 saturated heterocycles. The molecule has 4 nitrogen and oxygen atoms in total. The zero-order valence-corrected chi connectivity index (χ0v) is 19.1. The Hall–Kier alpha value is -2.75. The molecule has 30 heavy (non-hydrogen) atoms. The smallest absolute Gasteiger partial charge is 0.161 e. The fourth-order valence-electron chi connectivity index (χ4n) is 4.25. The molecule has 0 aliphatic heterocycles. The number of benzene rings is 2. The Balaban J connectivity index is 1.89. The van der Waals surface area contributed by atoms with Crippen molar-refractivity contribution in [3.05, 3.63) is 64.7 Å². The molecule has 2 N–H and O–H groups in total. The summed E-state index contributed by atoms with van der Waals surface area (Å²) in [7, 11) is 1.53. The van der Waals surface area contributed by atoms with Gasteiger partial charge in [-0.3, -0.25) is 5.43 Å². The topological polar surface area (TPSA) is 53.9 Å². The summed E-state index contributed by atoms with van der Waals surface area (Å²) in [6, 6.07) is 9.82. The van der Waals surface area contributed by atoms with Gasteiger partial charge in [-0.1, -0.05) is 47.3 Å². The number of nitrogens with one attached hydrogen (secondary N) is 1. The Morgan fingerprint density at radius 1 is 1.13 bits per heavy atom. The van der Waals surface area contributed by atoms with Gasteiger partial charge in [0, 0.05) is 5.56 Å². The fraction of sp³-hybridized carbons (Fsp3) is 0.423. The van der Waals surface area contributed by atoms with Crippen molar-refractivity contribution in [1.82, 2.24) is 5.43 Å². The highest BCUT2D eigenvalue weighted by molar-refractivity contribution is 5.81. The van der Waals surface area contributed by atoms with Crippen LogP contribution in [0.5, 0.6) is 11.5 Å². The molecule has 3 rings (SSSR count). The largest absolute Gasteiger partial charge is 0.504 e. The zero-order chi connectivity index (χ0) is 22.1. The Bertz CT molecular complexity index is 987. The van der Waals surface area contributed by atoms with Crippen LogP contribution in [0.4, 0.5) is 0 Å². The summed E-state index contributed by atoms with van der Waals surface area (Å²) in [6.45, 7) is 15.8. The van der Waals surface area contributed by atoms with Gasteiger partial charge in [0.15, 0.2) is 11.5 Å². The van der Waals surface area contributed by atoms with Crippen LogP contribution in [0, 0.1) is 0 Å². The van der Waals surface area contributed by atoms with Crippen LogP contribution in [0.3, 0.4) is 0 Å². The lowest BCUT2D eigenvalue weighted by atomic mass is 9.62.